The Morgan fingerprint density at radius 1 is 1.24 bits per heavy atom. The maximum atomic E-state index is 14.1. The lowest BCUT2D eigenvalue weighted by atomic mass is 10.00. The van der Waals surface area contributed by atoms with Crippen LogP contribution in [0.3, 0.4) is 0 Å². The second-order valence-electron chi connectivity index (χ2n) is 4.45. The van der Waals surface area contributed by atoms with Crippen molar-refractivity contribution < 1.29 is 13.9 Å². The Morgan fingerprint density at radius 3 is 2.71 bits per heavy atom. The van der Waals surface area contributed by atoms with E-state index in [1.165, 1.54) is 19.5 Å². The highest BCUT2D eigenvalue weighted by atomic mass is 19.1. The smallest absolute Gasteiger partial charge is 0.216 e. The molecule has 0 saturated heterocycles. The summed E-state index contributed by atoms with van der Waals surface area (Å²) >= 11 is 0. The number of methoxy groups -OCH3 is 2. The highest BCUT2D eigenvalue weighted by Crippen LogP contribution is 2.29. The fourth-order valence-electron chi connectivity index (χ4n) is 2.19. The summed E-state index contributed by atoms with van der Waals surface area (Å²) in [5, 5.41) is 3.10. The van der Waals surface area contributed by atoms with E-state index in [2.05, 4.69) is 15.3 Å². The summed E-state index contributed by atoms with van der Waals surface area (Å²) in [6.07, 6.45) is 1.92. The Balaban J connectivity index is 2.32. The van der Waals surface area contributed by atoms with Gasteiger partial charge in [-0.3, -0.25) is 0 Å². The molecule has 5 nitrogen and oxygen atoms in total. The minimum atomic E-state index is -0.310. The lowest BCUT2D eigenvalue weighted by Gasteiger charge is -2.19. The van der Waals surface area contributed by atoms with E-state index in [9.17, 15) is 4.39 Å². The van der Waals surface area contributed by atoms with Crippen molar-refractivity contribution in [2.75, 3.05) is 21.3 Å². The van der Waals surface area contributed by atoms with Gasteiger partial charge in [0.15, 0.2) is 0 Å². The number of nitrogens with one attached hydrogen (secondary N) is 1. The zero-order valence-electron chi connectivity index (χ0n) is 12.3. The number of ether oxygens (including phenoxy) is 2. The van der Waals surface area contributed by atoms with Gasteiger partial charge < -0.3 is 14.8 Å². The first-order valence-electron chi connectivity index (χ1n) is 6.54. The van der Waals surface area contributed by atoms with Gasteiger partial charge in [0.25, 0.3) is 0 Å². The Morgan fingerprint density at radius 2 is 2.05 bits per heavy atom. The third kappa shape index (κ3) is 3.46. The van der Waals surface area contributed by atoms with Crippen LogP contribution in [-0.2, 0) is 6.42 Å². The Bertz CT molecular complexity index is 607. The number of hydrogen-bond donors (Lipinski definition) is 1. The van der Waals surface area contributed by atoms with Gasteiger partial charge in [-0.2, -0.15) is 0 Å². The van der Waals surface area contributed by atoms with Crippen LogP contribution in [0, 0.1) is 5.82 Å². The van der Waals surface area contributed by atoms with Crippen LogP contribution in [-0.4, -0.2) is 31.2 Å². The van der Waals surface area contributed by atoms with Crippen molar-refractivity contribution in [1.82, 2.24) is 15.3 Å². The van der Waals surface area contributed by atoms with Crippen molar-refractivity contribution in [2.45, 2.75) is 12.5 Å². The van der Waals surface area contributed by atoms with Crippen LogP contribution in [0.4, 0.5) is 4.39 Å². The fourth-order valence-corrected chi connectivity index (χ4v) is 2.19. The minimum absolute atomic E-state index is 0.263. The molecule has 0 amide bonds. The van der Waals surface area contributed by atoms with Gasteiger partial charge >= 0.3 is 0 Å². The van der Waals surface area contributed by atoms with Crippen molar-refractivity contribution in [2.24, 2.45) is 0 Å². The normalized spacial score (nSPS) is 12.0. The molecule has 0 aliphatic heterocycles. The molecule has 1 aromatic carbocycles. The molecule has 0 saturated carbocycles. The van der Waals surface area contributed by atoms with Gasteiger partial charge in [0.05, 0.1) is 14.2 Å². The molecule has 112 valence electrons. The number of hydrogen-bond acceptors (Lipinski definition) is 5. The zero-order valence-corrected chi connectivity index (χ0v) is 12.3. The third-order valence-electron chi connectivity index (χ3n) is 3.25. The molecule has 1 atom stereocenters. The minimum Gasteiger partial charge on any atom is -0.496 e. The Labute approximate surface area is 123 Å². The monoisotopic (exact) mass is 291 g/mol. The van der Waals surface area contributed by atoms with Crippen molar-refractivity contribution in [3.8, 4) is 11.6 Å². The van der Waals surface area contributed by atoms with E-state index in [1.807, 2.05) is 0 Å². The number of aromatic nitrogens is 2. The van der Waals surface area contributed by atoms with Gasteiger partial charge in [-0.05, 0) is 19.2 Å². The van der Waals surface area contributed by atoms with Crippen LogP contribution in [0.2, 0.25) is 0 Å². The summed E-state index contributed by atoms with van der Waals surface area (Å²) in [7, 11) is 4.84. The van der Waals surface area contributed by atoms with Gasteiger partial charge in [-0.25, -0.2) is 14.4 Å². The van der Waals surface area contributed by atoms with Gasteiger partial charge in [0.2, 0.25) is 5.88 Å². The quantitative estimate of drug-likeness (QED) is 0.883. The molecule has 1 heterocycles. The number of rotatable bonds is 6. The highest BCUT2D eigenvalue weighted by molar-refractivity contribution is 5.38. The van der Waals surface area contributed by atoms with Crippen LogP contribution in [0.1, 0.15) is 17.3 Å². The molecule has 0 spiro atoms. The van der Waals surface area contributed by atoms with Gasteiger partial charge in [-0.1, -0.05) is 6.07 Å². The topological polar surface area (TPSA) is 56.3 Å². The Hall–Kier alpha value is -2.21. The summed E-state index contributed by atoms with van der Waals surface area (Å²) < 4.78 is 24.5. The molecule has 0 radical (unpaired) electrons. The van der Waals surface area contributed by atoms with Crippen LogP contribution in [0.5, 0.6) is 11.6 Å². The van der Waals surface area contributed by atoms with E-state index in [0.29, 0.717) is 23.6 Å². The van der Waals surface area contributed by atoms with E-state index in [1.54, 1.807) is 32.4 Å². The van der Waals surface area contributed by atoms with Crippen molar-refractivity contribution >= 4 is 0 Å². The molecule has 1 unspecified atom stereocenters. The summed E-state index contributed by atoms with van der Waals surface area (Å²) in [6.45, 7) is 0. The first kappa shape index (κ1) is 15.2. The van der Waals surface area contributed by atoms with Crippen LogP contribution in [0.15, 0.2) is 30.6 Å². The van der Waals surface area contributed by atoms with E-state index in [4.69, 9.17) is 9.47 Å². The molecule has 2 rings (SSSR count). The molecule has 0 fully saturated rings. The van der Waals surface area contributed by atoms with Crippen LogP contribution in [0.25, 0.3) is 0 Å². The average Bonchev–Trinajstić information content (AvgIpc) is 2.53. The molecule has 1 N–H and O–H groups in total. The third-order valence-corrected chi connectivity index (χ3v) is 3.25. The summed E-state index contributed by atoms with van der Waals surface area (Å²) in [6, 6.07) is 6.25. The second-order valence-corrected chi connectivity index (χ2v) is 4.45. The lowest BCUT2D eigenvalue weighted by molar-refractivity contribution is 0.390. The van der Waals surface area contributed by atoms with Crippen LogP contribution >= 0.6 is 0 Å². The second kappa shape index (κ2) is 6.99. The molecule has 2 aromatic rings. The molecule has 0 bridgehead atoms. The van der Waals surface area contributed by atoms with E-state index >= 15 is 0 Å². The van der Waals surface area contributed by atoms with E-state index < -0.39 is 0 Å². The van der Waals surface area contributed by atoms with Gasteiger partial charge in [0.1, 0.15) is 17.9 Å². The maximum absolute atomic E-state index is 14.1. The standard InChI is InChI=1S/C15H18FN3O2/c1-17-12(7-10-8-14(21-3)19-9-18-10)15-11(16)5-4-6-13(15)20-2/h4-6,8-9,12,17H,7H2,1-3H3. The number of likely N-dealkylation sites (N-methyl/N-ethyl adjacent to an activating group) is 1. The molecule has 0 aliphatic carbocycles. The first-order valence-corrected chi connectivity index (χ1v) is 6.54. The summed E-state index contributed by atoms with van der Waals surface area (Å²) in [5.74, 6) is 0.681. The molecular formula is C15H18FN3O2. The summed E-state index contributed by atoms with van der Waals surface area (Å²) in [5.41, 5.74) is 1.24. The van der Waals surface area contributed by atoms with Gasteiger partial charge in [0, 0.05) is 29.8 Å². The zero-order chi connectivity index (χ0) is 15.2. The molecule has 1 aromatic heterocycles. The predicted octanol–water partition coefficient (Wildman–Crippen LogP) is 2.14. The number of nitrogens with zero attached hydrogens (tertiary/aromatic N) is 2. The summed E-state index contributed by atoms with van der Waals surface area (Å²) in [4.78, 5) is 8.15. The maximum Gasteiger partial charge on any atom is 0.216 e. The first-order chi connectivity index (χ1) is 10.2. The van der Waals surface area contributed by atoms with Crippen molar-refractivity contribution in [1.29, 1.82) is 0 Å². The highest BCUT2D eigenvalue weighted by Gasteiger charge is 2.20. The van der Waals surface area contributed by atoms with Gasteiger partial charge in [-0.15, -0.1) is 0 Å². The Kier molecular flexibility index (Phi) is 5.05. The molecule has 6 heteroatoms. The van der Waals surface area contributed by atoms with Crippen molar-refractivity contribution in [3.05, 3.63) is 47.7 Å². The largest absolute Gasteiger partial charge is 0.496 e. The molecule has 21 heavy (non-hydrogen) atoms. The fraction of sp³-hybridized carbons (Fsp3) is 0.333. The average molecular weight is 291 g/mol. The predicted molar refractivity (Wildman–Crippen MR) is 77.0 cm³/mol. The SMILES string of the molecule is CNC(Cc1cc(OC)ncn1)c1c(F)cccc1OC. The molecular weight excluding hydrogens is 273 g/mol. The van der Waals surface area contributed by atoms with E-state index in [-0.39, 0.29) is 11.9 Å². The molecule has 0 aliphatic rings. The van der Waals surface area contributed by atoms with Crippen LogP contribution < -0.4 is 14.8 Å². The lowest BCUT2D eigenvalue weighted by Crippen LogP contribution is -2.21. The van der Waals surface area contributed by atoms with E-state index in [0.717, 1.165) is 5.69 Å². The van der Waals surface area contributed by atoms with Crippen molar-refractivity contribution in [3.63, 3.8) is 0 Å². The number of halogens is 1. The number of benzene rings is 1.